The topological polar surface area (TPSA) is 37.8 Å². The van der Waals surface area contributed by atoms with Crippen LogP contribution in [-0.2, 0) is 0 Å². The molecule has 0 aliphatic rings. The summed E-state index contributed by atoms with van der Waals surface area (Å²) in [4.78, 5) is 0. The quantitative estimate of drug-likeness (QED) is 0.701. The van der Waals surface area contributed by atoms with Crippen molar-refractivity contribution in [1.29, 1.82) is 0 Å². The Morgan fingerprint density at radius 3 is 2.36 bits per heavy atom. The molecular weight excluding hydrogens is 162 g/mol. The fraction of sp³-hybridized carbons (Fsp3) is 0.429. The summed E-state index contributed by atoms with van der Waals surface area (Å²) in [5.74, 6) is 0.852. The van der Waals surface area contributed by atoms with Crippen molar-refractivity contribution in [3.05, 3.63) is 17.3 Å². The molecule has 1 N–H and O–H groups in total. The summed E-state index contributed by atoms with van der Waals surface area (Å²) in [5.41, 5.74) is 2.09. The first-order chi connectivity index (χ1) is 4.74. The van der Waals surface area contributed by atoms with Crippen molar-refractivity contribution >= 4 is 18.2 Å². The van der Waals surface area contributed by atoms with Gasteiger partial charge in [-0.1, -0.05) is 0 Å². The van der Waals surface area contributed by atoms with E-state index >= 15 is 0 Å². The Labute approximate surface area is 72.6 Å². The molecule has 0 aromatic carbocycles. The van der Waals surface area contributed by atoms with E-state index in [1.165, 1.54) is 0 Å². The number of rotatable bonds is 1. The second-order valence-corrected chi connectivity index (χ2v) is 2.27. The van der Waals surface area contributed by atoms with E-state index in [4.69, 9.17) is 0 Å². The molecule has 0 saturated heterocycles. The van der Waals surface area contributed by atoms with Gasteiger partial charge in [-0.15, -0.1) is 17.5 Å². The van der Waals surface area contributed by atoms with E-state index in [1.807, 2.05) is 27.0 Å². The normalized spacial score (nSPS) is 8.64. The number of aryl methyl sites for hydroxylation is 2. The molecule has 0 aliphatic carbocycles. The molecule has 0 amide bonds. The summed E-state index contributed by atoms with van der Waals surface area (Å²) in [5, 5.41) is 10.8. The van der Waals surface area contributed by atoms with Crippen LogP contribution in [0.1, 0.15) is 11.3 Å². The summed E-state index contributed by atoms with van der Waals surface area (Å²) < 4.78 is 0. The van der Waals surface area contributed by atoms with E-state index in [2.05, 4.69) is 15.5 Å². The van der Waals surface area contributed by atoms with Gasteiger partial charge in [0, 0.05) is 7.05 Å². The summed E-state index contributed by atoms with van der Waals surface area (Å²) in [6.07, 6.45) is 0. The van der Waals surface area contributed by atoms with E-state index in [1.54, 1.807) is 0 Å². The van der Waals surface area contributed by atoms with Crippen LogP contribution in [0, 0.1) is 13.8 Å². The number of anilines is 1. The summed E-state index contributed by atoms with van der Waals surface area (Å²) >= 11 is 0. The number of aromatic nitrogens is 2. The van der Waals surface area contributed by atoms with Crippen LogP contribution in [0.4, 0.5) is 5.82 Å². The summed E-state index contributed by atoms with van der Waals surface area (Å²) in [6, 6.07) is 2.00. The molecule has 0 fully saturated rings. The number of hydrogen-bond donors (Lipinski definition) is 1. The molecule has 11 heavy (non-hydrogen) atoms. The van der Waals surface area contributed by atoms with Crippen molar-refractivity contribution in [2.75, 3.05) is 12.4 Å². The van der Waals surface area contributed by atoms with Gasteiger partial charge in [-0.2, -0.15) is 5.10 Å². The lowest BCUT2D eigenvalue weighted by molar-refractivity contribution is 0.969. The highest BCUT2D eigenvalue weighted by atomic mass is 35.5. The molecule has 0 unspecified atom stereocenters. The lowest BCUT2D eigenvalue weighted by atomic mass is 10.3. The maximum atomic E-state index is 3.94. The maximum Gasteiger partial charge on any atom is 0.151 e. The Bertz CT molecular complexity index is 237. The van der Waals surface area contributed by atoms with Crippen molar-refractivity contribution in [2.45, 2.75) is 13.8 Å². The van der Waals surface area contributed by atoms with Crippen LogP contribution >= 0.6 is 12.4 Å². The lowest BCUT2D eigenvalue weighted by Gasteiger charge is -2.01. The van der Waals surface area contributed by atoms with Gasteiger partial charge >= 0.3 is 0 Å². The Balaban J connectivity index is 0.000001000. The van der Waals surface area contributed by atoms with Gasteiger partial charge in [0.1, 0.15) is 0 Å². The zero-order valence-electron chi connectivity index (χ0n) is 6.88. The highest BCUT2D eigenvalue weighted by Crippen LogP contribution is 2.07. The van der Waals surface area contributed by atoms with E-state index in [-0.39, 0.29) is 12.4 Å². The van der Waals surface area contributed by atoms with Crippen molar-refractivity contribution in [1.82, 2.24) is 10.2 Å². The molecule has 4 heteroatoms. The van der Waals surface area contributed by atoms with Crippen molar-refractivity contribution in [3.8, 4) is 0 Å². The van der Waals surface area contributed by atoms with Crippen molar-refractivity contribution in [3.63, 3.8) is 0 Å². The molecule has 62 valence electrons. The molecule has 1 aromatic heterocycles. The van der Waals surface area contributed by atoms with Gasteiger partial charge in [0.25, 0.3) is 0 Å². The minimum atomic E-state index is 0. The Morgan fingerprint density at radius 2 is 1.91 bits per heavy atom. The van der Waals surface area contributed by atoms with E-state index < -0.39 is 0 Å². The molecular formula is C7H12ClN3. The van der Waals surface area contributed by atoms with Gasteiger partial charge in [0.15, 0.2) is 5.82 Å². The van der Waals surface area contributed by atoms with Crippen LogP contribution in [-0.4, -0.2) is 17.2 Å². The number of hydrogen-bond acceptors (Lipinski definition) is 3. The SMILES string of the molecule is CNc1nnc(C)cc1C.Cl. The molecule has 0 bridgehead atoms. The zero-order valence-corrected chi connectivity index (χ0v) is 7.70. The third-order valence-corrected chi connectivity index (χ3v) is 1.34. The van der Waals surface area contributed by atoms with Crippen LogP contribution in [0.5, 0.6) is 0 Å². The second-order valence-electron chi connectivity index (χ2n) is 2.27. The van der Waals surface area contributed by atoms with Crippen LogP contribution in [0.25, 0.3) is 0 Å². The average molecular weight is 174 g/mol. The predicted octanol–water partition coefficient (Wildman–Crippen LogP) is 1.56. The predicted molar refractivity (Wildman–Crippen MR) is 48.3 cm³/mol. The van der Waals surface area contributed by atoms with Gasteiger partial charge in [-0.3, -0.25) is 0 Å². The highest BCUT2D eigenvalue weighted by molar-refractivity contribution is 5.85. The summed E-state index contributed by atoms with van der Waals surface area (Å²) in [7, 11) is 1.84. The van der Waals surface area contributed by atoms with Crippen LogP contribution in [0.3, 0.4) is 0 Å². The van der Waals surface area contributed by atoms with Gasteiger partial charge in [0.2, 0.25) is 0 Å². The first-order valence-electron chi connectivity index (χ1n) is 3.22. The van der Waals surface area contributed by atoms with E-state index in [0.717, 1.165) is 17.1 Å². The minimum absolute atomic E-state index is 0. The van der Waals surface area contributed by atoms with Crippen molar-refractivity contribution < 1.29 is 0 Å². The highest BCUT2D eigenvalue weighted by Gasteiger charge is 1.96. The molecule has 0 aliphatic heterocycles. The van der Waals surface area contributed by atoms with E-state index in [9.17, 15) is 0 Å². The van der Waals surface area contributed by atoms with Gasteiger partial charge < -0.3 is 5.32 Å². The number of nitrogens with zero attached hydrogens (tertiary/aromatic N) is 2. The Kier molecular flexibility index (Phi) is 3.82. The van der Waals surface area contributed by atoms with Crippen LogP contribution in [0.2, 0.25) is 0 Å². The molecule has 0 atom stereocenters. The third kappa shape index (κ3) is 2.35. The van der Waals surface area contributed by atoms with Gasteiger partial charge in [-0.05, 0) is 25.5 Å². The maximum absolute atomic E-state index is 3.94. The standard InChI is InChI=1S/C7H11N3.ClH/c1-5-4-6(2)9-10-7(5)8-3;/h4H,1-3H3,(H,8,10);1H. The second kappa shape index (κ2) is 4.13. The molecule has 0 spiro atoms. The largest absolute Gasteiger partial charge is 0.371 e. The molecule has 0 radical (unpaired) electrons. The lowest BCUT2D eigenvalue weighted by Crippen LogP contribution is -1.98. The first-order valence-corrected chi connectivity index (χ1v) is 3.22. The number of halogens is 1. The minimum Gasteiger partial charge on any atom is -0.371 e. The van der Waals surface area contributed by atoms with Crippen molar-refractivity contribution in [2.24, 2.45) is 0 Å². The van der Waals surface area contributed by atoms with Gasteiger partial charge in [-0.25, -0.2) is 0 Å². The zero-order chi connectivity index (χ0) is 7.56. The third-order valence-electron chi connectivity index (χ3n) is 1.34. The van der Waals surface area contributed by atoms with E-state index in [0.29, 0.717) is 0 Å². The molecule has 1 heterocycles. The molecule has 1 rings (SSSR count). The van der Waals surface area contributed by atoms with Gasteiger partial charge in [0.05, 0.1) is 5.69 Å². The molecule has 1 aromatic rings. The summed E-state index contributed by atoms with van der Waals surface area (Å²) in [6.45, 7) is 3.94. The fourth-order valence-corrected chi connectivity index (χ4v) is 0.865. The molecule has 3 nitrogen and oxygen atoms in total. The monoisotopic (exact) mass is 173 g/mol. The smallest absolute Gasteiger partial charge is 0.151 e. The first kappa shape index (κ1) is 10.2. The van der Waals surface area contributed by atoms with Crippen LogP contribution in [0.15, 0.2) is 6.07 Å². The average Bonchev–Trinajstić information content (AvgIpc) is 1.88. The molecule has 0 saturated carbocycles. The van der Waals surface area contributed by atoms with Crippen LogP contribution < -0.4 is 5.32 Å². The Morgan fingerprint density at radius 1 is 1.27 bits per heavy atom. The Hall–Kier alpha value is -0.830. The fourth-order valence-electron chi connectivity index (χ4n) is 0.865. The number of nitrogens with one attached hydrogen (secondary N) is 1.